The molecule has 0 aromatic heterocycles. The fourth-order valence-electron chi connectivity index (χ4n) is 4.12. The summed E-state index contributed by atoms with van der Waals surface area (Å²) in [6.07, 6.45) is 5.37. The Kier molecular flexibility index (Phi) is 7.02. The second-order valence-electron chi connectivity index (χ2n) is 8.60. The van der Waals surface area contributed by atoms with Crippen LogP contribution in [0.5, 0.6) is 0 Å². The van der Waals surface area contributed by atoms with Gasteiger partial charge in [-0.05, 0) is 49.1 Å². The van der Waals surface area contributed by atoms with Crippen molar-refractivity contribution in [2.45, 2.75) is 39.2 Å². The molecule has 1 N–H and O–H groups in total. The van der Waals surface area contributed by atoms with E-state index in [0.29, 0.717) is 29.1 Å². The number of ether oxygens (including phenoxy) is 1. The zero-order valence-electron chi connectivity index (χ0n) is 19.6. The number of carbonyl (C=O) groups is 2. The molecule has 1 unspecified atom stereocenters. The molecule has 2 amide bonds. The summed E-state index contributed by atoms with van der Waals surface area (Å²) in [5.74, 6) is 0.124. The van der Waals surface area contributed by atoms with E-state index in [1.54, 1.807) is 21.9 Å². The van der Waals surface area contributed by atoms with Crippen molar-refractivity contribution in [3.05, 3.63) is 54.5 Å². The molecule has 178 valence electrons. The molecule has 0 spiro atoms. The number of rotatable bonds is 7. The van der Waals surface area contributed by atoms with Gasteiger partial charge in [-0.15, -0.1) is 0 Å². The van der Waals surface area contributed by atoms with Crippen LogP contribution in [0.25, 0.3) is 5.57 Å². The van der Waals surface area contributed by atoms with Gasteiger partial charge in [0.2, 0.25) is 21.8 Å². The van der Waals surface area contributed by atoms with Gasteiger partial charge in [-0.3, -0.25) is 14.3 Å². The fourth-order valence-corrected chi connectivity index (χ4v) is 4.70. The van der Waals surface area contributed by atoms with E-state index >= 15 is 0 Å². The molecule has 8 nitrogen and oxygen atoms in total. The molecule has 2 aliphatic rings. The molecule has 0 saturated heterocycles. The molecule has 1 atom stereocenters. The molecule has 1 fully saturated rings. The van der Waals surface area contributed by atoms with E-state index in [2.05, 4.69) is 17.9 Å². The van der Waals surface area contributed by atoms with Crippen LogP contribution >= 0.6 is 0 Å². The summed E-state index contributed by atoms with van der Waals surface area (Å²) in [6, 6.07) is 5.27. The van der Waals surface area contributed by atoms with Crippen LogP contribution in [-0.2, 0) is 24.3 Å². The Morgan fingerprint density at radius 3 is 2.39 bits per heavy atom. The van der Waals surface area contributed by atoms with Gasteiger partial charge >= 0.3 is 0 Å². The molecule has 1 aliphatic carbocycles. The van der Waals surface area contributed by atoms with Crippen molar-refractivity contribution in [3.63, 3.8) is 0 Å². The molecule has 1 aliphatic heterocycles. The molecule has 9 heteroatoms. The lowest BCUT2D eigenvalue weighted by atomic mass is 9.84. The maximum Gasteiger partial charge on any atom is 0.230 e. The third kappa shape index (κ3) is 5.30. The number of fused-ring (bicyclic) bond motifs is 1. The summed E-state index contributed by atoms with van der Waals surface area (Å²) in [5.41, 5.74) is 2.64. The van der Waals surface area contributed by atoms with E-state index in [1.165, 1.54) is 20.1 Å². The number of nitrogens with one attached hydrogen (secondary N) is 1. The summed E-state index contributed by atoms with van der Waals surface area (Å²) in [7, 11) is -2.17. The molecule has 1 heterocycles. The Hall–Kier alpha value is -3.07. The quantitative estimate of drug-likeness (QED) is 0.485. The van der Waals surface area contributed by atoms with Crippen LogP contribution in [0, 0.1) is 5.92 Å². The van der Waals surface area contributed by atoms with Gasteiger partial charge in [0.25, 0.3) is 0 Å². The minimum Gasteiger partial charge on any atom is -0.495 e. The lowest BCUT2D eigenvalue weighted by molar-refractivity contribution is -0.125. The molecule has 0 radical (unpaired) electrons. The summed E-state index contributed by atoms with van der Waals surface area (Å²) >= 11 is 0. The number of benzene rings is 1. The van der Waals surface area contributed by atoms with E-state index in [0.717, 1.165) is 25.5 Å². The Morgan fingerprint density at radius 2 is 1.88 bits per heavy atom. The van der Waals surface area contributed by atoms with E-state index in [9.17, 15) is 18.0 Å². The van der Waals surface area contributed by atoms with Gasteiger partial charge in [0.1, 0.15) is 5.76 Å². The van der Waals surface area contributed by atoms with Crippen molar-refractivity contribution in [2.75, 3.05) is 29.7 Å². The van der Waals surface area contributed by atoms with Crippen LogP contribution in [-0.4, -0.2) is 46.2 Å². The zero-order chi connectivity index (χ0) is 24.5. The molecular formula is C24H31N3O5S. The lowest BCUT2D eigenvalue weighted by Crippen LogP contribution is -2.53. The fraction of sp³-hybridized carbons (Fsp3) is 0.417. The molecule has 0 bridgehead atoms. The van der Waals surface area contributed by atoms with Crippen LogP contribution in [0.4, 0.5) is 11.4 Å². The number of amides is 2. The van der Waals surface area contributed by atoms with Gasteiger partial charge < -0.3 is 14.5 Å². The van der Waals surface area contributed by atoms with Crippen LogP contribution < -0.4 is 14.5 Å². The maximum atomic E-state index is 13.2. The summed E-state index contributed by atoms with van der Waals surface area (Å²) in [5, 5.41) is 0. The van der Waals surface area contributed by atoms with Crippen molar-refractivity contribution in [2.24, 2.45) is 5.92 Å². The van der Waals surface area contributed by atoms with Crippen molar-refractivity contribution >= 4 is 38.8 Å². The average Bonchev–Trinajstić information content (AvgIpc) is 2.68. The summed E-state index contributed by atoms with van der Waals surface area (Å²) in [6.45, 7) is 11.7. The predicted molar refractivity (Wildman–Crippen MR) is 130 cm³/mol. The molecule has 1 aromatic carbocycles. The first kappa shape index (κ1) is 24.6. The largest absolute Gasteiger partial charge is 0.495 e. The Balaban J connectivity index is 2.04. The van der Waals surface area contributed by atoms with Crippen molar-refractivity contribution in [3.8, 4) is 0 Å². The molecule has 1 aromatic rings. The summed E-state index contributed by atoms with van der Waals surface area (Å²) in [4.78, 5) is 29.0. The number of carbonyl (C=O) groups excluding carboxylic acids is 2. The molecule has 33 heavy (non-hydrogen) atoms. The van der Waals surface area contributed by atoms with Crippen molar-refractivity contribution in [1.29, 1.82) is 0 Å². The number of nitrogens with zero attached hydrogens (tertiary/aromatic N) is 2. The van der Waals surface area contributed by atoms with Crippen molar-refractivity contribution < 1.29 is 22.7 Å². The normalized spacial score (nSPS) is 18.8. The number of methoxy groups -OCH3 is 1. The van der Waals surface area contributed by atoms with Gasteiger partial charge in [-0.25, -0.2) is 8.42 Å². The average molecular weight is 474 g/mol. The maximum absolute atomic E-state index is 13.2. The predicted octanol–water partition coefficient (Wildman–Crippen LogP) is 3.18. The van der Waals surface area contributed by atoms with Gasteiger partial charge in [0.05, 0.1) is 36.5 Å². The monoisotopic (exact) mass is 473 g/mol. The van der Waals surface area contributed by atoms with E-state index in [4.69, 9.17) is 4.74 Å². The first-order valence-corrected chi connectivity index (χ1v) is 12.7. The topological polar surface area (TPSA) is 96.0 Å². The highest BCUT2D eigenvalue weighted by molar-refractivity contribution is 7.88. The number of hydrogen-bond donors (Lipinski definition) is 1. The highest BCUT2D eigenvalue weighted by Gasteiger charge is 2.37. The van der Waals surface area contributed by atoms with Crippen molar-refractivity contribution in [1.82, 2.24) is 4.72 Å². The SMILES string of the molecule is C=C(OC)/C(=C\C(=C)c1ccc2c(c1)N(C(=O)C1CCC1)CC(C)N2C(C)=O)NS(C)(=O)=O. The standard InChI is InChI=1S/C24H31N3O5S/c1-15(12-21(17(3)32-5)25-33(6,30)31)20-10-11-22-23(13-20)26(24(29)19-8-7-9-19)14-16(2)27(22)18(4)28/h10-13,16,19,25H,1,3,7-9,14H2,2,4-6H3/b21-12+. The Morgan fingerprint density at radius 1 is 1.21 bits per heavy atom. The number of anilines is 2. The summed E-state index contributed by atoms with van der Waals surface area (Å²) < 4.78 is 31.0. The molecular weight excluding hydrogens is 442 g/mol. The number of hydrogen-bond acceptors (Lipinski definition) is 5. The zero-order valence-corrected chi connectivity index (χ0v) is 20.4. The minimum atomic E-state index is -3.57. The van der Waals surface area contributed by atoms with Gasteiger partial charge in [-0.2, -0.15) is 0 Å². The minimum absolute atomic E-state index is 0.0104. The second kappa shape index (κ2) is 9.43. The van der Waals surface area contributed by atoms with E-state index in [1.807, 2.05) is 13.0 Å². The molecule has 1 saturated carbocycles. The third-order valence-electron chi connectivity index (χ3n) is 6.00. The first-order valence-electron chi connectivity index (χ1n) is 10.8. The first-order chi connectivity index (χ1) is 15.4. The van der Waals surface area contributed by atoms with Crippen LogP contribution in [0.15, 0.2) is 48.9 Å². The van der Waals surface area contributed by atoms with Gasteiger partial charge in [0, 0.05) is 19.4 Å². The van der Waals surface area contributed by atoms with Gasteiger partial charge in [0.15, 0.2) is 0 Å². The van der Waals surface area contributed by atoms with Crippen LogP contribution in [0.1, 0.15) is 38.7 Å². The number of allylic oxidation sites excluding steroid dienone is 2. The van der Waals surface area contributed by atoms with Crippen LogP contribution in [0.3, 0.4) is 0 Å². The number of sulfonamides is 1. The van der Waals surface area contributed by atoms with Gasteiger partial charge in [-0.1, -0.05) is 25.6 Å². The second-order valence-corrected chi connectivity index (χ2v) is 10.4. The van der Waals surface area contributed by atoms with E-state index < -0.39 is 10.0 Å². The highest BCUT2D eigenvalue weighted by Crippen LogP contribution is 2.40. The highest BCUT2D eigenvalue weighted by atomic mass is 32.2. The smallest absolute Gasteiger partial charge is 0.230 e. The lowest BCUT2D eigenvalue weighted by Gasteiger charge is -2.43. The Labute approximate surface area is 195 Å². The third-order valence-corrected chi connectivity index (χ3v) is 6.60. The van der Waals surface area contributed by atoms with Crippen LogP contribution in [0.2, 0.25) is 0 Å². The Bertz CT molecular complexity index is 1130. The molecule has 3 rings (SSSR count). The van der Waals surface area contributed by atoms with E-state index in [-0.39, 0.29) is 35.2 Å².